The highest BCUT2D eigenvalue weighted by Gasteiger charge is 2.58. The van der Waals surface area contributed by atoms with Gasteiger partial charge >= 0.3 is 0 Å². The van der Waals surface area contributed by atoms with Crippen LogP contribution in [-0.4, -0.2) is 52.3 Å². The molecule has 0 bridgehead atoms. The van der Waals surface area contributed by atoms with Gasteiger partial charge in [0, 0.05) is 12.0 Å². The van der Waals surface area contributed by atoms with Crippen LogP contribution in [0.3, 0.4) is 0 Å². The number of carbonyl (C=O) groups is 2. The molecule has 200 valence electrons. The molecule has 0 radical (unpaired) electrons. The van der Waals surface area contributed by atoms with Crippen molar-refractivity contribution >= 4 is 17.9 Å². The van der Waals surface area contributed by atoms with Gasteiger partial charge in [-0.25, -0.2) is 0 Å². The van der Waals surface area contributed by atoms with E-state index in [9.17, 15) is 19.8 Å². The summed E-state index contributed by atoms with van der Waals surface area (Å²) >= 11 is 0. The highest BCUT2D eigenvalue weighted by Crippen LogP contribution is 2.50. The molecule has 4 aliphatic rings. The number of phenolic OH excluding ortho intramolecular Hbond substituents is 1. The molecule has 1 aromatic carbocycles. The minimum Gasteiger partial charge on any atom is -0.507 e. The van der Waals surface area contributed by atoms with Gasteiger partial charge in [-0.3, -0.25) is 14.5 Å². The number of aliphatic hydroxyl groups excluding tert-OH is 1. The Morgan fingerprint density at radius 3 is 2.43 bits per heavy atom. The Kier molecular flexibility index (Phi) is 7.60. The first kappa shape index (κ1) is 26.2. The van der Waals surface area contributed by atoms with E-state index in [0.29, 0.717) is 18.8 Å². The topological polar surface area (TPSA) is 87.1 Å². The van der Waals surface area contributed by atoms with E-state index in [1.165, 1.54) is 12.0 Å². The van der Waals surface area contributed by atoms with Crippen LogP contribution in [0.2, 0.25) is 0 Å². The Hall–Kier alpha value is -2.44. The van der Waals surface area contributed by atoms with Gasteiger partial charge in [-0.15, -0.1) is 0 Å². The molecule has 37 heavy (non-hydrogen) atoms. The fourth-order valence-electron chi connectivity index (χ4n) is 7.32. The van der Waals surface area contributed by atoms with Crippen molar-refractivity contribution in [2.45, 2.75) is 90.7 Å². The van der Waals surface area contributed by atoms with Gasteiger partial charge in [-0.2, -0.15) is 0 Å². The second-order valence-corrected chi connectivity index (χ2v) is 11.5. The van der Waals surface area contributed by atoms with E-state index in [1.807, 2.05) is 26.0 Å². The number of aryl methyl sites for hydroxylation is 2. The largest absolute Gasteiger partial charge is 0.507 e. The fraction of sp³-hybridized carbons (Fsp3) is 0.613. The molecule has 3 fully saturated rings. The molecule has 2 N–H and O–H groups in total. The standard InChI is InChI=1S/C31H41NO5/c1-4-20(14-21-12-18(2)29(34)19(3)13-21)10-11-26-27-22(16-33)15-24-28(25(27)17-37-26)31(36)32(30(24)35)23-8-6-5-7-9-23/h12-14,23-26,28,33-34H,4-11,15-17H2,1-3H3/b20-14+/t24-,25+,26-,28-/m1/s1. The SMILES string of the molecule is CC/C(=C\c1cc(C)c(O)c(C)c1)CC[C@H]1OC[C@H]2C1=C(CO)C[C@H]1C(=O)N(C3CCCCC3)C(=O)[C@H]12. The summed E-state index contributed by atoms with van der Waals surface area (Å²) in [7, 11) is 0. The number of benzene rings is 1. The van der Waals surface area contributed by atoms with Gasteiger partial charge < -0.3 is 14.9 Å². The molecule has 4 atom stereocenters. The highest BCUT2D eigenvalue weighted by molar-refractivity contribution is 6.06. The molecule has 2 aliphatic heterocycles. The van der Waals surface area contributed by atoms with Gasteiger partial charge in [0.05, 0.1) is 31.2 Å². The molecular formula is C31H41NO5. The number of likely N-dealkylation sites (tertiary alicyclic amines) is 1. The molecule has 1 aromatic rings. The van der Waals surface area contributed by atoms with Crippen molar-refractivity contribution in [2.75, 3.05) is 13.2 Å². The first-order valence-corrected chi connectivity index (χ1v) is 14.1. The molecule has 6 heteroatoms. The Morgan fingerprint density at radius 1 is 1.08 bits per heavy atom. The van der Waals surface area contributed by atoms with Crippen molar-refractivity contribution in [3.63, 3.8) is 0 Å². The lowest BCUT2D eigenvalue weighted by molar-refractivity contribution is -0.143. The maximum absolute atomic E-state index is 13.6. The van der Waals surface area contributed by atoms with Crippen LogP contribution in [-0.2, 0) is 14.3 Å². The van der Waals surface area contributed by atoms with Gasteiger partial charge in [0.2, 0.25) is 11.8 Å². The summed E-state index contributed by atoms with van der Waals surface area (Å²) in [5.41, 5.74) is 6.12. The third kappa shape index (κ3) is 4.79. The molecule has 6 nitrogen and oxygen atoms in total. The Labute approximate surface area is 220 Å². The van der Waals surface area contributed by atoms with Gasteiger partial charge in [0.1, 0.15) is 5.75 Å². The summed E-state index contributed by atoms with van der Waals surface area (Å²) in [6, 6.07) is 4.06. The average molecular weight is 508 g/mol. The van der Waals surface area contributed by atoms with Crippen LogP contribution in [0.4, 0.5) is 0 Å². The number of phenols is 1. The predicted molar refractivity (Wildman–Crippen MR) is 143 cm³/mol. The van der Waals surface area contributed by atoms with E-state index >= 15 is 0 Å². The Morgan fingerprint density at radius 2 is 1.78 bits per heavy atom. The second kappa shape index (κ2) is 10.7. The summed E-state index contributed by atoms with van der Waals surface area (Å²) in [6.45, 7) is 6.35. The number of hydrogen-bond acceptors (Lipinski definition) is 5. The van der Waals surface area contributed by atoms with Crippen molar-refractivity contribution in [1.29, 1.82) is 0 Å². The number of aliphatic hydroxyl groups is 1. The number of carbonyl (C=O) groups excluding carboxylic acids is 2. The number of aromatic hydroxyl groups is 1. The number of nitrogens with zero attached hydrogens (tertiary/aromatic N) is 1. The molecule has 0 aromatic heterocycles. The maximum atomic E-state index is 13.6. The van der Waals surface area contributed by atoms with Crippen LogP contribution in [0, 0.1) is 31.6 Å². The minimum absolute atomic E-state index is 0.00199. The van der Waals surface area contributed by atoms with E-state index in [0.717, 1.165) is 72.8 Å². The van der Waals surface area contributed by atoms with Gasteiger partial charge in [0.25, 0.3) is 0 Å². The van der Waals surface area contributed by atoms with E-state index in [1.54, 1.807) is 4.90 Å². The third-order valence-corrected chi connectivity index (χ3v) is 9.24. The number of amides is 2. The smallest absolute Gasteiger partial charge is 0.234 e. The number of ether oxygens (including phenoxy) is 1. The molecule has 2 saturated heterocycles. The van der Waals surface area contributed by atoms with Gasteiger partial charge in [0.15, 0.2) is 0 Å². The van der Waals surface area contributed by atoms with Crippen LogP contribution in [0.5, 0.6) is 5.75 Å². The number of rotatable bonds is 7. The molecule has 2 aliphatic carbocycles. The highest BCUT2D eigenvalue weighted by atomic mass is 16.5. The zero-order valence-electron chi connectivity index (χ0n) is 22.5. The Bertz CT molecular complexity index is 1110. The lowest BCUT2D eigenvalue weighted by Crippen LogP contribution is -2.42. The summed E-state index contributed by atoms with van der Waals surface area (Å²) in [5.74, 6) is -0.466. The number of allylic oxidation sites excluding steroid dienone is 1. The lowest BCUT2D eigenvalue weighted by Gasteiger charge is -2.31. The van der Waals surface area contributed by atoms with Gasteiger partial charge in [-0.05, 0) is 92.3 Å². The zero-order chi connectivity index (χ0) is 26.3. The van der Waals surface area contributed by atoms with E-state index in [4.69, 9.17) is 4.74 Å². The third-order valence-electron chi connectivity index (χ3n) is 9.24. The summed E-state index contributed by atoms with van der Waals surface area (Å²) in [4.78, 5) is 28.7. The van der Waals surface area contributed by atoms with Crippen molar-refractivity contribution in [3.8, 4) is 5.75 Å². The Balaban J connectivity index is 1.33. The summed E-state index contributed by atoms with van der Waals surface area (Å²) in [6.07, 6.45) is 10.3. The van der Waals surface area contributed by atoms with Crippen LogP contribution in [0.15, 0.2) is 28.9 Å². The fourth-order valence-corrected chi connectivity index (χ4v) is 7.32. The van der Waals surface area contributed by atoms with Crippen molar-refractivity contribution in [1.82, 2.24) is 4.90 Å². The first-order chi connectivity index (χ1) is 17.8. The number of fused-ring (bicyclic) bond motifs is 3. The molecule has 0 spiro atoms. The maximum Gasteiger partial charge on any atom is 0.234 e. The quantitative estimate of drug-likeness (QED) is 0.390. The van der Waals surface area contributed by atoms with Crippen molar-refractivity contribution < 1.29 is 24.5 Å². The minimum atomic E-state index is -0.347. The molecular weight excluding hydrogens is 466 g/mol. The second-order valence-electron chi connectivity index (χ2n) is 11.5. The monoisotopic (exact) mass is 507 g/mol. The normalized spacial score (nSPS) is 28.8. The molecule has 2 amide bonds. The molecule has 1 saturated carbocycles. The van der Waals surface area contributed by atoms with Crippen LogP contribution in [0.25, 0.3) is 6.08 Å². The predicted octanol–water partition coefficient (Wildman–Crippen LogP) is 5.22. The van der Waals surface area contributed by atoms with E-state index < -0.39 is 0 Å². The van der Waals surface area contributed by atoms with E-state index in [-0.39, 0.29) is 48.3 Å². The zero-order valence-corrected chi connectivity index (χ0v) is 22.5. The van der Waals surface area contributed by atoms with Crippen LogP contribution >= 0.6 is 0 Å². The lowest BCUT2D eigenvalue weighted by atomic mass is 9.69. The van der Waals surface area contributed by atoms with Crippen LogP contribution < -0.4 is 0 Å². The number of hydrogen-bond donors (Lipinski definition) is 2. The van der Waals surface area contributed by atoms with E-state index in [2.05, 4.69) is 13.0 Å². The molecule has 5 rings (SSSR count). The first-order valence-electron chi connectivity index (χ1n) is 14.1. The molecule has 0 unspecified atom stereocenters. The summed E-state index contributed by atoms with van der Waals surface area (Å²) < 4.78 is 6.29. The van der Waals surface area contributed by atoms with Crippen molar-refractivity contribution in [2.24, 2.45) is 17.8 Å². The average Bonchev–Trinajstić information content (AvgIpc) is 3.43. The van der Waals surface area contributed by atoms with Crippen molar-refractivity contribution in [3.05, 3.63) is 45.5 Å². The molecule has 2 heterocycles. The number of imide groups is 1. The van der Waals surface area contributed by atoms with Crippen LogP contribution in [0.1, 0.15) is 81.4 Å². The van der Waals surface area contributed by atoms with Gasteiger partial charge in [-0.1, -0.05) is 37.8 Å². The summed E-state index contributed by atoms with van der Waals surface area (Å²) in [5, 5.41) is 20.4.